The Bertz CT molecular complexity index is 1290. The number of nitrogens with one attached hydrogen (secondary N) is 1. The molecule has 34 heavy (non-hydrogen) atoms. The molecule has 0 saturated carbocycles. The highest BCUT2D eigenvalue weighted by Gasteiger charge is 2.15. The molecule has 0 aliphatic heterocycles. The Hall–Kier alpha value is -3.09. The van der Waals surface area contributed by atoms with Gasteiger partial charge in [-0.15, -0.1) is 0 Å². The third-order valence-electron chi connectivity index (χ3n) is 4.80. The Labute approximate surface area is 216 Å². The molecule has 0 spiro atoms. The molecule has 3 aromatic carbocycles. The van der Waals surface area contributed by atoms with Crippen LogP contribution in [0.3, 0.4) is 0 Å². The molecule has 0 atom stereocenters. The number of nitrogens with zero attached hydrogens (tertiary/aromatic N) is 1. The minimum atomic E-state index is -0.549. The van der Waals surface area contributed by atoms with Gasteiger partial charge in [0, 0.05) is 10.7 Å². The van der Waals surface area contributed by atoms with Crippen molar-refractivity contribution < 1.29 is 18.7 Å². The number of rotatable bonds is 8. The van der Waals surface area contributed by atoms with Gasteiger partial charge in [0.1, 0.15) is 24.1 Å². The lowest BCUT2D eigenvalue weighted by Gasteiger charge is -2.15. The molecule has 3 rings (SSSR count). The smallest absolute Gasteiger partial charge is 0.266 e. The summed E-state index contributed by atoms with van der Waals surface area (Å²) in [7, 11) is 0. The van der Waals surface area contributed by atoms with Crippen molar-refractivity contribution in [2.75, 3.05) is 11.9 Å². The fraction of sp³-hybridized carbons (Fsp3) is 0.154. The predicted octanol–water partition coefficient (Wildman–Crippen LogP) is 6.92. The molecule has 174 valence electrons. The van der Waals surface area contributed by atoms with E-state index in [-0.39, 0.29) is 18.0 Å². The molecule has 3 aromatic rings. The van der Waals surface area contributed by atoms with Gasteiger partial charge >= 0.3 is 0 Å². The van der Waals surface area contributed by atoms with E-state index in [0.717, 1.165) is 3.57 Å². The summed E-state index contributed by atoms with van der Waals surface area (Å²) in [6.07, 6.45) is 1.48. The van der Waals surface area contributed by atoms with Crippen LogP contribution in [-0.4, -0.2) is 12.5 Å². The number of amides is 1. The first kappa shape index (κ1) is 25.5. The summed E-state index contributed by atoms with van der Waals surface area (Å²) < 4.78 is 25.9. The van der Waals surface area contributed by atoms with Crippen molar-refractivity contribution in [1.29, 1.82) is 5.26 Å². The minimum Gasteiger partial charge on any atom is -0.490 e. The lowest BCUT2D eigenvalue weighted by molar-refractivity contribution is -0.112. The fourth-order valence-corrected chi connectivity index (χ4v) is 4.06. The van der Waals surface area contributed by atoms with Gasteiger partial charge in [0.25, 0.3) is 5.91 Å². The van der Waals surface area contributed by atoms with Crippen LogP contribution < -0.4 is 14.8 Å². The maximum atomic E-state index is 13.5. The van der Waals surface area contributed by atoms with E-state index >= 15 is 0 Å². The van der Waals surface area contributed by atoms with Gasteiger partial charge in [0.05, 0.1) is 10.2 Å². The number of anilines is 1. The first-order valence-corrected chi connectivity index (χ1v) is 11.8. The van der Waals surface area contributed by atoms with Gasteiger partial charge in [-0.25, -0.2) is 4.39 Å². The van der Waals surface area contributed by atoms with Crippen molar-refractivity contribution in [2.45, 2.75) is 20.5 Å². The summed E-state index contributed by atoms with van der Waals surface area (Å²) in [5, 5.41) is 12.8. The average Bonchev–Trinajstić information content (AvgIpc) is 2.80. The summed E-state index contributed by atoms with van der Waals surface area (Å²) in [6.45, 7) is 4.17. The second kappa shape index (κ2) is 11.9. The maximum Gasteiger partial charge on any atom is 0.266 e. The van der Waals surface area contributed by atoms with E-state index in [4.69, 9.17) is 21.1 Å². The summed E-state index contributed by atoms with van der Waals surface area (Å²) in [6, 6.07) is 16.8. The quantitative estimate of drug-likeness (QED) is 0.176. The molecular weight excluding hydrogens is 570 g/mol. The van der Waals surface area contributed by atoms with E-state index in [9.17, 15) is 14.4 Å². The van der Waals surface area contributed by atoms with Crippen LogP contribution in [0.2, 0.25) is 5.02 Å². The molecule has 1 amide bonds. The molecular formula is C26H21ClFIN2O3. The monoisotopic (exact) mass is 590 g/mol. The van der Waals surface area contributed by atoms with Gasteiger partial charge in [0.15, 0.2) is 11.5 Å². The van der Waals surface area contributed by atoms with Crippen molar-refractivity contribution in [3.8, 4) is 17.6 Å². The summed E-state index contributed by atoms with van der Waals surface area (Å²) >= 11 is 8.21. The van der Waals surface area contributed by atoms with E-state index in [1.165, 1.54) is 18.2 Å². The molecule has 0 aliphatic carbocycles. The predicted molar refractivity (Wildman–Crippen MR) is 139 cm³/mol. The maximum absolute atomic E-state index is 13.5. The van der Waals surface area contributed by atoms with Crippen LogP contribution in [0.5, 0.6) is 11.5 Å². The van der Waals surface area contributed by atoms with E-state index in [1.807, 2.05) is 13.0 Å². The summed E-state index contributed by atoms with van der Waals surface area (Å²) in [5.41, 5.74) is 2.45. The Morgan fingerprint density at radius 3 is 2.68 bits per heavy atom. The van der Waals surface area contributed by atoms with E-state index in [0.29, 0.717) is 45.5 Å². The van der Waals surface area contributed by atoms with Crippen molar-refractivity contribution in [3.05, 3.63) is 91.3 Å². The Morgan fingerprint density at radius 2 is 1.97 bits per heavy atom. The topological polar surface area (TPSA) is 71.3 Å². The summed E-state index contributed by atoms with van der Waals surface area (Å²) in [4.78, 5) is 12.7. The highest BCUT2D eigenvalue weighted by Crippen LogP contribution is 2.35. The highest BCUT2D eigenvalue weighted by molar-refractivity contribution is 14.1. The normalized spacial score (nSPS) is 11.0. The first-order chi connectivity index (χ1) is 16.3. The highest BCUT2D eigenvalue weighted by atomic mass is 127. The van der Waals surface area contributed by atoms with Crippen LogP contribution in [0.25, 0.3) is 6.08 Å². The second-order valence-corrected chi connectivity index (χ2v) is 8.79. The lowest BCUT2D eigenvalue weighted by atomic mass is 10.1. The molecule has 0 unspecified atom stereocenters. The molecule has 0 saturated heterocycles. The second-order valence-electron chi connectivity index (χ2n) is 7.22. The molecule has 0 aliphatic rings. The Kier molecular flexibility index (Phi) is 8.91. The molecule has 0 bridgehead atoms. The largest absolute Gasteiger partial charge is 0.490 e. The molecule has 5 nitrogen and oxygen atoms in total. The lowest BCUT2D eigenvalue weighted by Crippen LogP contribution is -2.14. The van der Waals surface area contributed by atoms with Gasteiger partial charge in [0.2, 0.25) is 0 Å². The van der Waals surface area contributed by atoms with Gasteiger partial charge < -0.3 is 14.8 Å². The van der Waals surface area contributed by atoms with E-state index in [1.54, 1.807) is 49.4 Å². The van der Waals surface area contributed by atoms with Crippen LogP contribution in [0, 0.1) is 27.6 Å². The number of hydrogen-bond acceptors (Lipinski definition) is 4. The molecule has 8 heteroatoms. The zero-order chi connectivity index (χ0) is 24.7. The zero-order valence-corrected chi connectivity index (χ0v) is 21.4. The average molecular weight is 591 g/mol. The van der Waals surface area contributed by atoms with Crippen LogP contribution in [0.1, 0.15) is 23.6 Å². The van der Waals surface area contributed by atoms with Gasteiger partial charge in [-0.05, 0) is 95.6 Å². The molecule has 0 heterocycles. The number of benzene rings is 3. The number of carbonyl (C=O) groups is 1. The minimum absolute atomic E-state index is 0.0777. The Morgan fingerprint density at radius 1 is 1.21 bits per heavy atom. The SMILES string of the molecule is CCOc1cc(/C=C(\C#N)C(=O)Nc2cccc(Cl)c2C)cc(I)c1OCc1cccc(F)c1. The van der Waals surface area contributed by atoms with E-state index < -0.39 is 5.91 Å². The standard InChI is InChI=1S/C26H21ClFIN2O3/c1-3-33-24-13-18(12-22(29)25(24)34-15-17-6-4-7-20(28)11-17)10-19(14-30)26(32)31-23-9-5-8-21(27)16(23)2/h4-13H,3,15H2,1-2H3,(H,31,32)/b19-10+. The van der Waals surface area contributed by atoms with Gasteiger partial charge in [-0.1, -0.05) is 29.8 Å². The van der Waals surface area contributed by atoms with E-state index in [2.05, 4.69) is 27.9 Å². The van der Waals surface area contributed by atoms with Gasteiger partial charge in [-0.3, -0.25) is 4.79 Å². The number of carbonyl (C=O) groups excluding carboxylic acids is 1. The van der Waals surface area contributed by atoms with Crippen molar-refractivity contribution >= 4 is 51.9 Å². The zero-order valence-electron chi connectivity index (χ0n) is 18.5. The third-order valence-corrected chi connectivity index (χ3v) is 6.01. The molecule has 1 N–H and O–H groups in total. The molecule has 0 aromatic heterocycles. The molecule has 0 fully saturated rings. The number of halogens is 3. The Balaban J connectivity index is 1.86. The molecule has 0 radical (unpaired) electrons. The van der Waals surface area contributed by atoms with Crippen LogP contribution >= 0.6 is 34.2 Å². The number of hydrogen-bond donors (Lipinski definition) is 1. The third kappa shape index (κ3) is 6.49. The fourth-order valence-electron chi connectivity index (χ4n) is 3.10. The summed E-state index contributed by atoms with van der Waals surface area (Å²) in [5.74, 6) is 0.0747. The van der Waals surface area contributed by atoms with Crippen molar-refractivity contribution in [3.63, 3.8) is 0 Å². The van der Waals surface area contributed by atoms with Crippen molar-refractivity contribution in [2.24, 2.45) is 0 Å². The number of ether oxygens (including phenoxy) is 2. The van der Waals surface area contributed by atoms with Crippen LogP contribution in [-0.2, 0) is 11.4 Å². The van der Waals surface area contributed by atoms with Crippen molar-refractivity contribution in [1.82, 2.24) is 0 Å². The number of nitriles is 1. The van der Waals surface area contributed by atoms with Gasteiger partial charge in [-0.2, -0.15) is 5.26 Å². The first-order valence-electron chi connectivity index (χ1n) is 10.3. The van der Waals surface area contributed by atoms with Crippen LogP contribution in [0.15, 0.2) is 60.2 Å². The van der Waals surface area contributed by atoms with Crippen LogP contribution in [0.4, 0.5) is 10.1 Å².